The second-order valence-electron chi connectivity index (χ2n) is 5.97. The molecule has 0 amide bonds. The molecule has 6 heteroatoms. The van der Waals surface area contributed by atoms with Gasteiger partial charge in [0.15, 0.2) is 17.4 Å². The lowest BCUT2D eigenvalue weighted by Gasteiger charge is -2.27. The van der Waals surface area contributed by atoms with Crippen molar-refractivity contribution in [3.63, 3.8) is 0 Å². The molecule has 0 N–H and O–H groups in total. The topological polar surface area (TPSA) is 12.5 Å². The normalized spacial score (nSPS) is 10.7. The number of halogens is 4. The van der Waals surface area contributed by atoms with Crippen molar-refractivity contribution in [3.05, 3.63) is 95.1 Å². The Morgan fingerprint density at radius 2 is 1.07 bits per heavy atom. The van der Waals surface area contributed by atoms with Crippen molar-refractivity contribution in [2.24, 2.45) is 0 Å². The standard InChI is InChI=1S/C21H17F4NO/c1-27-21-18(24)16(22)20(17(23)19(21)25)26(12-14-8-4-2-5-9-14)13-15-10-6-3-7-11-15/h2-11H,12-13H2,1H3. The third-order valence-corrected chi connectivity index (χ3v) is 4.15. The van der Waals surface area contributed by atoms with Crippen LogP contribution in [0.4, 0.5) is 23.2 Å². The van der Waals surface area contributed by atoms with Gasteiger partial charge >= 0.3 is 0 Å². The van der Waals surface area contributed by atoms with E-state index in [0.29, 0.717) is 0 Å². The largest absolute Gasteiger partial charge is 0.491 e. The lowest BCUT2D eigenvalue weighted by atomic mass is 10.1. The fraction of sp³-hybridized carbons (Fsp3) is 0.143. The molecule has 0 heterocycles. The van der Waals surface area contributed by atoms with E-state index in [4.69, 9.17) is 0 Å². The zero-order valence-electron chi connectivity index (χ0n) is 14.6. The van der Waals surface area contributed by atoms with Crippen molar-refractivity contribution < 1.29 is 22.3 Å². The first-order valence-electron chi connectivity index (χ1n) is 8.25. The number of hydrogen-bond donors (Lipinski definition) is 0. The average Bonchev–Trinajstić information content (AvgIpc) is 2.69. The van der Waals surface area contributed by atoms with Crippen molar-refractivity contribution in [3.8, 4) is 5.75 Å². The molecule has 0 bridgehead atoms. The van der Waals surface area contributed by atoms with E-state index in [1.165, 1.54) is 4.90 Å². The molecule has 0 atom stereocenters. The van der Waals surface area contributed by atoms with Crippen molar-refractivity contribution in [2.45, 2.75) is 13.1 Å². The summed E-state index contributed by atoms with van der Waals surface area (Å²) < 4.78 is 62.2. The van der Waals surface area contributed by atoms with Crippen LogP contribution in [0.2, 0.25) is 0 Å². The predicted molar refractivity (Wildman–Crippen MR) is 95.6 cm³/mol. The number of benzene rings is 3. The van der Waals surface area contributed by atoms with Gasteiger partial charge in [0.05, 0.1) is 7.11 Å². The molecule has 0 saturated carbocycles. The molecule has 0 aromatic heterocycles. The summed E-state index contributed by atoms with van der Waals surface area (Å²) >= 11 is 0. The number of ether oxygens (including phenoxy) is 1. The maximum Gasteiger partial charge on any atom is 0.206 e. The summed E-state index contributed by atoms with van der Waals surface area (Å²) in [4.78, 5) is 1.26. The van der Waals surface area contributed by atoms with Crippen LogP contribution >= 0.6 is 0 Å². The first-order chi connectivity index (χ1) is 13.0. The number of anilines is 1. The number of nitrogens with zero attached hydrogens (tertiary/aromatic N) is 1. The van der Waals surface area contributed by atoms with Crippen molar-refractivity contribution in [1.29, 1.82) is 0 Å². The molecule has 140 valence electrons. The lowest BCUT2D eigenvalue weighted by Crippen LogP contribution is -2.25. The molecule has 3 rings (SSSR count). The van der Waals surface area contributed by atoms with E-state index < -0.39 is 34.7 Å². The van der Waals surface area contributed by atoms with Gasteiger partial charge < -0.3 is 9.64 Å². The van der Waals surface area contributed by atoms with Gasteiger partial charge in [-0.2, -0.15) is 8.78 Å². The molecular formula is C21H17F4NO. The summed E-state index contributed by atoms with van der Waals surface area (Å²) in [5.74, 6) is -7.17. The predicted octanol–water partition coefficient (Wildman–Crippen LogP) is 5.46. The van der Waals surface area contributed by atoms with Crippen molar-refractivity contribution >= 4 is 5.69 Å². The Balaban J connectivity index is 2.10. The van der Waals surface area contributed by atoms with Gasteiger partial charge in [0, 0.05) is 13.1 Å². The second kappa shape index (κ2) is 8.12. The Labute approximate surface area is 154 Å². The Morgan fingerprint density at radius 1 is 0.667 bits per heavy atom. The zero-order valence-corrected chi connectivity index (χ0v) is 14.6. The van der Waals surface area contributed by atoms with Crippen LogP contribution in [-0.2, 0) is 13.1 Å². The molecule has 0 fully saturated rings. The highest BCUT2D eigenvalue weighted by atomic mass is 19.2. The van der Waals surface area contributed by atoms with E-state index in [1.807, 2.05) is 0 Å². The number of methoxy groups -OCH3 is 1. The summed E-state index contributed by atoms with van der Waals surface area (Å²) in [6, 6.07) is 17.8. The van der Waals surface area contributed by atoms with E-state index in [0.717, 1.165) is 18.2 Å². The lowest BCUT2D eigenvalue weighted by molar-refractivity contribution is 0.332. The van der Waals surface area contributed by atoms with Gasteiger partial charge in [-0.05, 0) is 11.1 Å². The molecule has 3 aromatic rings. The smallest absolute Gasteiger partial charge is 0.206 e. The maximum atomic E-state index is 14.6. The van der Waals surface area contributed by atoms with E-state index in [2.05, 4.69) is 4.74 Å². The number of hydrogen-bond acceptors (Lipinski definition) is 2. The third-order valence-electron chi connectivity index (χ3n) is 4.15. The van der Waals surface area contributed by atoms with Gasteiger partial charge in [0.25, 0.3) is 0 Å². The fourth-order valence-electron chi connectivity index (χ4n) is 2.88. The Bertz CT molecular complexity index is 846. The van der Waals surface area contributed by atoms with Crippen LogP contribution in [0, 0.1) is 23.3 Å². The molecule has 0 spiro atoms. The molecule has 0 aliphatic carbocycles. The summed E-state index contributed by atoms with van der Waals surface area (Å²) in [5.41, 5.74) is 0.714. The molecular weight excluding hydrogens is 358 g/mol. The molecule has 27 heavy (non-hydrogen) atoms. The molecule has 0 saturated heterocycles. The first-order valence-corrected chi connectivity index (χ1v) is 8.25. The highest BCUT2D eigenvalue weighted by Gasteiger charge is 2.29. The van der Waals surface area contributed by atoms with E-state index in [1.54, 1.807) is 60.7 Å². The summed E-state index contributed by atoms with van der Waals surface area (Å²) in [5, 5.41) is 0. The monoisotopic (exact) mass is 375 g/mol. The summed E-state index contributed by atoms with van der Waals surface area (Å²) in [6.45, 7) is 0.129. The SMILES string of the molecule is COc1c(F)c(F)c(N(Cc2ccccc2)Cc2ccccc2)c(F)c1F. The van der Waals surface area contributed by atoms with Gasteiger partial charge in [-0.3, -0.25) is 0 Å². The minimum Gasteiger partial charge on any atom is -0.491 e. The van der Waals surface area contributed by atoms with Crippen LogP contribution in [-0.4, -0.2) is 7.11 Å². The first kappa shape index (κ1) is 18.8. The molecule has 0 aliphatic heterocycles. The van der Waals surface area contributed by atoms with Crippen molar-refractivity contribution in [1.82, 2.24) is 0 Å². The Morgan fingerprint density at radius 3 is 1.44 bits per heavy atom. The molecule has 2 nitrogen and oxygen atoms in total. The van der Waals surface area contributed by atoms with Crippen LogP contribution in [0.1, 0.15) is 11.1 Å². The third kappa shape index (κ3) is 3.89. The van der Waals surface area contributed by atoms with E-state index >= 15 is 0 Å². The quantitative estimate of drug-likeness (QED) is 0.419. The van der Waals surface area contributed by atoms with Gasteiger partial charge in [-0.15, -0.1) is 0 Å². The minimum absolute atomic E-state index is 0.0643. The van der Waals surface area contributed by atoms with Crippen LogP contribution in [0.5, 0.6) is 5.75 Å². The molecule has 3 aromatic carbocycles. The van der Waals surface area contributed by atoms with Gasteiger partial charge in [0.2, 0.25) is 11.6 Å². The zero-order chi connectivity index (χ0) is 19.4. The van der Waals surface area contributed by atoms with E-state index in [-0.39, 0.29) is 13.1 Å². The Hall–Kier alpha value is -3.02. The highest BCUT2D eigenvalue weighted by Crippen LogP contribution is 2.36. The average molecular weight is 375 g/mol. The van der Waals surface area contributed by atoms with Gasteiger partial charge in [0.1, 0.15) is 5.69 Å². The van der Waals surface area contributed by atoms with E-state index in [9.17, 15) is 17.6 Å². The van der Waals surface area contributed by atoms with Crippen LogP contribution in [0.3, 0.4) is 0 Å². The van der Waals surface area contributed by atoms with Gasteiger partial charge in [-0.25, -0.2) is 8.78 Å². The van der Waals surface area contributed by atoms with Crippen LogP contribution in [0.25, 0.3) is 0 Å². The molecule has 0 radical (unpaired) electrons. The van der Waals surface area contributed by atoms with Gasteiger partial charge in [-0.1, -0.05) is 60.7 Å². The van der Waals surface area contributed by atoms with Crippen molar-refractivity contribution in [2.75, 3.05) is 12.0 Å². The highest BCUT2D eigenvalue weighted by molar-refractivity contribution is 5.54. The maximum absolute atomic E-state index is 14.6. The Kier molecular flexibility index (Phi) is 5.64. The summed E-state index contributed by atoms with van der Waals surface area (Å²) in [7, 11) is 0.950. The molecule has 0 unspecified atom stereocenters. The fourth-order valence-corrected chi connectivity index (χ4v) is 2.88. The van der Waals surface area contributed by atoms with Crippen LogP contribution < -0.4 is 9.64 Å². The van der Waals surface area contributed by atoms with Crippen LogP contribution in [0.15, 0.2) is 60.7 Å². The molecule has 0 aliphatic rings. The second-order valence-corrected chi connectivity index (χ2v) is 5.97. The number of rotatable bonds is 6. The minimum atomic E-state index is -1.56. The summed E-state index contributed by atoms with van der Waals surface area (Å²) in [6.07, 6.45) is 0.